The van der Waals surface area contributed by atoms with Crippen LogP contribution in [0.15, 0.2) is 35.2 Å². The van der Waals surface area contributed by atoms with Gasteiger partial charge in [-0.1, -0.05) is 32.0 Å². The highest BCUT2D eigenvalue weighted by Gasteiger charge is 2.33. The minimum atomic E-state index is -3.91. The molecule has 1 aromatic carbocycles. The van der Waals surface area contributed by atoms with Crippen molar-refractivity contribution in [3.8, 4) is 0 Å². The fourth-order valence-electron chi connectivity index (χ4n) is 3.21. The van der Waals surface area contributed by atoms with Crippen LogP contribution in [-0.4, -0.2) is 51.7 Å². The van der Waals surface area contributed by atoms with Crippen molar-refractivity contribution in [1.82, 2.24) is 10.0 Å². The molecule has 9 heteroatoms. The standard InChI is InChI=1S/C21H30N2O6S/c1-15(2)19(23-30(27,28)17-9-5-3-6-10-17)18(24)13-16-14-29-12-8-4-7-11-22-21(26)20(16)25/h3,5-6,9-10,15-16,19,23H,4,7-8,11-14H2,1-2H3,(H,22,26). The predicted octanol–water partition coefficient (Wildman–Crippen LogP) is 1.45. The number of carbonyl (C=O) groups excluding carboxylic acids is 3. The van der Waals surface area contributed by atoms with Gasteiger partial charge in [-0.2, -0.15) is 0 Å². The van der Waals surface area contributed by atoms with Gasteiger partial charge in [-0.15, -0.1) is 0 Å². The first-order valence-electron chi connectivity index (χ1n) is 10.2. The van der Waals surface area contributed by atoms with Gasteiger partial charge in [-0.25, -0.2) is 13.1 Å². The molecule has 8 nitrogen and oxygen atoms in total. The SMILES string of the molecule is CC(C)C(NS(=O)(=O)c1ccccc1)C(=O)CC1COCCCCCNC(=O)C1=O. The third kappa shape index (κ3) is 7.00. The van der Waals surface area contributed by atoms with Crippen LogP contribution < -0.4 is 10.0 Å². The van der Waals surface area contributed by atoms with Crippen LogP contribution in [0, 0.1) is 11.8 Å². The quantitative estimate of drug-likeness (QED) is 0.622. The maximum Gasteiger partial charge on any atom is 0.287 e. The minimum absolute atomic E-state index is 0.0474. The normalized spacial score (nSPS) is 20.3. The Morgan fingerprint density at radius 1 is 1.17 bits per heavy atom. The third-order valence-electron chi connectivity index (χ3n) is 4.96. The van der Waals surface area contributed by atoms with Crippen molar-refractivity contribution in [2.24, 2.45) is 11.8 Å². The highest BCUT2D eigenvalue weighted by atomic mass is 32.2. The smallest absolute Gasteiger partial charge is 0.287 e. The second kappa shape index (κ2) is 11.3. The van der Waals surface area contributed by atoms with Crippen LogP contribution in [0.2, 0.25) is 0 Å². The fourth-order valence-corrected chi connectivity index (χ4v) is 4.60. The van der Waals surface area contributed by atoms with E-state index in [1.807, 2.05) is 0 Å². The number of nitrogens with one attached hydrogen (secondary N) is 2. The molecule has 2 N–H and O–H groups in total. The lowest BCUT2D eigenvalue weighted by Gasteiger charge is -2.23. The van der Waals surface area contributed by atoms with Gasteiger partial charge >= 0.3 is 0 Å². The zero-order valence-electron chi connectivity index (χ0n) is 17.4. The van der Waals surface area contributed by atoms with Crippen molar-refractivity contribution in [2.75, 3.05) is 19.8 Å². The lowest BCUT2D eigenvalue weighted by Crippen LogP contribution is -2.46. The molecule has 0 bridgehead atoms. The highest BCUT2D eigenvalue weighted by molar-refractivity contribution is 7.89. The Morgan fingerprint density at radius 3 is 2.53 bits per heavy atom. The predicted molar refractivity (Wildman–Crippen MR) is 111 cm³/mol. The molecule has 1 aliphatic rings. The van der Waals surface area contributed by atoms with Gasteiger partial charge in [-0.05, 0) is 37.3 Å². The van der Waals surface area contributed by atoms with E-state index in [4.69, 9.17) is 4.74 Å². The van der Waals surface area contributed by atoms with Crippen molar-refractivity contribution in [3.63, 3.8) is 0 Å². The molecule has 0 spiro atoms. The molecular weight excluding hydrogens is 408 g/mol. The number of hydrogen-bond donors (Lipinski definition) is 2. The van der Waals surface area contributed by atoms with Gasteiger partial charge in [-0.3, -0.25) is 14.4 Å². The van der Waals surface area contributed by atoms with Crippen molar-refractivity contribution >= 4 is 27.5 Å². The van der Waals surface area contributed by atoms with Crippen LogP contribution in [0.1, 0.15) is 39.5 Å². The maximum absolute atomic E-state index is 13.0. The summed E-state index contributed by atoms with van der Waals surface area (Å²) in [4.78, 5) is 37.7. The molecule has 1 aliphatic heterocycles. The Hall–Kier alpha value is -2.10. The Bertz CT molecular complexity index is 838. The van der Waals surface area contributed by atoms with E-state index in [0.717, 1.165) is 19.3 Å². The number of ether oxygens (including phenoxy) is 1. The first kappa shape index (κ1) is 24.2. The summed E-state index contributed by atoms with van der Waals surface area (Å²) >= 11 is 0. The summed E-state index contributed by atoms with van der Waals surface area (Å²) in [6.45, 7) is 4.24. The molecule has 0 saturated carbocycles. The van der Waals surface area contributed by atoms with Gasteiger partial charge in [0.15, 0.2) is 5.78 Å². The molecule has 1 saturated heterocycles. The molecule has 1 aromatic rings. The van der Waals surface area contributed by atoms with Gasteiger partial charge in [0.25, 0.3) is 5.91 Å². The Kier molecular flexibility index (Phi) is 9.13. The zero-order valence-corrected chi connectivity index (χ0v) is 18.2. The van der Waals surface area contributed by atoms with E-state index in [0.29, 0.717) is 13.2 Å². The number of rotatable bonds is 7. The van der Waals surface area contributed by atoms with E-state index in [1.54, 1.807) is 32.0 Å². The second-order valence-electron chi connectivity index (χ2n) is 7.78. The third-order valence-corrected chi connectivity index (χ3v) is 6.42. The first-order chi connectivity index (χ1) is 14.2. The van der Waals surface area contributed by atoms with Gasteiger partial charge in [0, 0.05) is 19.6 Å². The van der Waals surface area contributed by atoms with E-state index in [1.165, 1.54) is 12.1 Å². The van der Waals surface area contributed by atoms with Crippen molar-refractivity contribution < 1.29 is 27.5 Å². The molecule has 1 fully saturated rings. The molecule has 0 aromatic heterocycles. The summed E-state index contributed by atoms with van der Waals surface area (Å²) in [6.07, 6.45) is 2.15. The van der Waals surface area contributed by atoms with Gasteiger partial charge in [0.1, 0.15) is 0 Å². The zero-order chi connectivity index (χ0) is 22.1. The number of Topliss-reactive ketones (excluding diaryl/α,β-unsaturated/α-hetero) is 2. The molecule has 166 valence electrons. The lowest BCUT2D eigenvalue weighted by atomic mass is 9.91. The fraction of sp³-hybridized carbons (Fsp3) is 0.571. The minimum Gasteiger partial charge on any atom is -0.381 e. The van der Waals surface area contributed by atoms with Gasteiger partial charge < -0.3 is 10.1 Å². The van der Waals surface area contributed by atoms with Crippen LogP contribution in [0.3, 0.4) is 0 Å². The summed E-state index contributed by atoms with van der Waals surface area (Å²) in [6, 6.07) is 6.74. The summed E-state index contributed by atoms with van der Waals surface area (Å²) in [7, 11) is -3.91. The van der Waals surface area contributed by atoms with Gasteiger partial charge in [0.2, 0.25) is 15.8 Å². The number of amides is 1. The van der Waals surface area contributed by atoms with Crippen LogP contribution in [-0.2, 0) is 29.1 Å². The number of benzene rings is 1. The van der Waals surface area contributed by atoms with E-state index in [2.05, 4.69) is 10.0 Å². The van der Waals surface area contributed by atoms with Crippen molar-refractivity contribution in [2.45, 2.75) is 50.5 Å². The maximum atomic E-state index is 13.0. The summed E-state index contributed by atoms with van der Waals surface area (Å²) in [5.74, 6) is -3.18. The number of hydrogen-bond acceptors (Lipinski definition) is 6. The van der Waals surface area contributed by atoms with E-state index >= 15 is 0 Å². The number of sulfonamides is 1. The average Bonchev–Trinajstić information content (AvgIpc) is 2.75. The molecule has 2 unspecified atom stereocenters. The highest BCUT2D eigenvalue weighted by Crippen LogP contribution is 2.17. The van der Waals surface area contributed by atoms with Crippen LogP contribution in [0.4, 0.5) is 0 Å². The van der Waals surface area contributed by atoms with Crippen LogP contribution >= 0.6 is 0 Å². The molecule has 2 atom stereocenters. The molecular formula is C21H30N2O6S. The molecule has 30 heavy (non-hydrogen) atoms. The van der Waals surface area contributed by atoms with Crippen molar-refractivity contribution in [3.05, 3.63) is 30.3 Å². The van der Waals surface area contributed by atoms with Crippen molar-refractivity contribution in [1.29, 1.82) is 0 Å². The Labute approximate surface area is 177 Å². The first-order valence-corrected chi connectivity index (χ1v) is 11.7. The largest absolute Gasteiger partial charge is 0.381 e. The monoisotopic (exact) mass is 438 g/mol. The molecule has 0 aliphatic carbocycles. The number of carbonyl (C=O) groups is 3. The second-order valence-corrected chi connectivity index (χ2v) is 9.49. The average molecular weight is 439 g/mol. The molecule has 0 radical (unpaired) electrons. The van der Waals surface area contributed by atoms with E-state index in [9.17, 15) is 22.8 Å². The Morgan fingerprint density at radius 2 is 1.87 bits per heavy atom. The summed E-state index contributed by atoms with van der Waals surface area (Å²) in [5, 5.41) is 2.58. The van der Waals surface area contributed by atoms with E-state index in [-0.39, 0.29) is 23.8 Å². The lowest BCUT2D eigenvalue weighted by molar-refractivity contribution is -0.142. The topological polar surface area (TPSA) is 119 Å². The molecule has 1 heterocycles. The summed E-state index contributed by atoms with van der Waals surface area (Å²) in [5.41, 5.74) is 0. The van der Waals surface area contributed by atoms with Gasteiger partial charge in [0.05, 0.1) is 23.5 Å². The Balaban J connectivity index is 2.15. The van der Waals surface area contributed by atoms with E-state index < -0.39 is 39.5 Å². The van der Waals surface area contributed by atoms with Crippen LogP contribution in [0.25, 0.3) is 0 Å². The molecule has 1 amide bonds. The van der Waals surface area contributed by atoms with Crippen LogP contribution in [0.5, 0.6) is 0 Å². The summed E-state index contributed by atoms with van der Waals surface area (Å²) < 4.78 is 33.3. The molecule has 2 rings (SSSR count). The number of ketones is 2.